The summed E-state index contributed by atoms with van der Waals surface area (Å²) in [5.74, 6) is 0.793. The van der Waals surface area contributed by atoms with Gasteiger partial charge in [-0.25, -0.2) is 9.47 Å². The van der Waals surface area contributed by atoms with Gasteiger partial charge in [-0.05, 0) is 85.9 Å². The van der Waals surface area contributed by atoms with Gasteiger partial charge in [0.15, 0.2) is 5.49 Å². The number of hydrogen-bond donors (Lipinski definition) is 3. The van der Waals surface area contributed by atoms with Gasteiger partial charge < -0.3 is 20.5 Å². The molecule has 2 fully saturated rings. The Bertz CT molecular complexity index is 1420. The quantitative estimate of drug-likeness (QED) is 0.433. The number of urea groups is 1. The molecule has 5 rings (SSSR count). The summed E-state index contributed by atoms with van der Waals surface area (Å²) in [6.07, 6.45) is 5.03. The molecule has 0 spiro atoms. The number of H-pyrrole nitrogens is 1. The average Bonchev–Trinajstić information content (AvgIpc) is 3.57. The van der Waals surface area contributed by atoms with Gasteiger partial charge in [0.1, 0.15) is 0 Å². The first kappa shape index (κ1) is 26.2. The fourth-order valence-corrected chi connectivity index (χ4v) is 6.21. The van der Waals surface area contributed by atoms with Crippen LogP contribution in [0.5, 0.6) is 0 Å². The van der Waals surface area contributed by atoms with E-state index in [1.807, 2.05) is 11.1 Å². The van der Waals surface area contributed by atoms with E-state index in [2.05, 4.69) is 78.3 Å². The summed E-state index contributed by atoms with van der Waals surface area (Å²) < 4.78 is 1.77. The smallest absolute Gasteiger partial charge is 0.317 e. The molecule has 3 N–H and O–H groups in total. The van der Waals surface area contributed by atoms with Gasteiger partial charge in [-0.2, -0.15) is 5.10 Å². The van der Waals surface area contributed by atoms with E-state index in [0.29, 0.717) is 11.8 Å². The second-order valence-electron chi connectivity index (χ2n) is 11.1. The number of piperidine rings is 1. The van der Waals surface area contributed by atoms with Crippen molar-refractivity contribution < 1.29 is 4.79 Å². The minimum absolute atomic E-state index is 0.0868. The lowest BCUT2D eigenvalue weighted by atomic mass is 9.87. The van der Waals surface area contributed by atoms with Gasteiger partial charge in [0, 0.05) is 62.1 Å². The van der Waals surface area contributed by atoms with E-state index in [0.717, 1.165) is 73.3 Å². The Hall–Kier alpha value is -3.39. The fourth-order valence-electron chi connectivity index (χ4n) is 6.21. The third kappa shape index (κ3) is 4.77. The van der Waals surface area contributed by atoms with Crippen molar-refractivity contribution in [2.75, 3.05) is 33.2 Å². The maximum absolute atomic E-state index is 12.7. The molecule has 0 bridgehead atoms. The minimum atomic E-state index is 0.0868. The van der Waals surface area contributed by atoms with Crippen molar-refractivity contribution in [2.45, 2.75) is 64.8 Å². The predicted molar refractivity (Wildman–Crippen MR) is 155 cm³/mol. The third-order valence-corrected chi connectivity index (χ3v) is 8.49. The number of likely N-dealkylation sites (tertiary alicyclic amines) is 1. The number of fused-ring (bicyclic) bond motifs is 1. The number of pyridine rings is 1. The van der Waals surface area contributed by atoms with Crippen molar-refractivity contribution in [3.63, 3.8) is 0 Å². The molecular weight excluding hydrogens is 474 g/mol. The normalized spacial score (nSPS) is 19.1. The lowest BCUT2D eigenvalue weighted by Crippen LogP contribution is -2.48. The van der Waals surface area contributed by atoms with Gasteiger partial charge in [0.2, 0.25) is 0 Å². The van der Waals surface area contributed by atoms with Gasteiger partial charge in [0.05, 0.1) is 5.69 Å². The molecule has 2 aliphatic rings. The van der Waals surface area contributed by atoms with Gasteiger partial charge in [-0.3, -0.25) is 4.99 Å². The third-order valence-electron chi connectivity index (χ3n) is 8.49. The van der Waals surface area contributed by atoms with E-state index in [4.69, 9.17) is 0 Å². The highest BCUT2D eigenvalue weighted by Gasteiger charge is 2.27. The molecule has 1 aromatic carbocycles. The summed E-state index contributed by atoms with van der Waals surface area (Å²) >= 11 is 0. The topological polar surface area (TPSA) is 89.8 Å². The Morgan fingerprint density at radius 3 is 2.55 bits per heavy atom. The molecule has 0 saturated carbocycles. The van der Waals surface area contributed by atoms with Crippen LogP contribution in [0.1, 0.15) is 67.2 Å². The van der Waals surface area contributed by atoms with Gasteiger partial charge in [-0.1, -0.05) is 19.9 Å². The molecule has 2 saturated heterocycles. The number of carbonyl (C=O) groups excluding carboxylic acids is 1. The Morgan fingerprint density at radius 1 is 1.16 bits per heavy atom. The molecule has 202 valence electrons. The molecule has 1 unspecified atom stereocenters. The summed E-state index contributed by atoms with van der Waals surface area (Å²) in [7, 11) is 1.79. The molecule has 0 radical (unpaired) electrons. The van der Waals surface area contributed by atoms with Crippen LogP contribution in [0.25, 0.3) is 22.2 Å². The summed E-state index contributed by atoms with van der Waals surface area (Å²) in [5.41, 5.74) is 9.22. The lowest BCUT2D eigenvalue weighted by molar-refractivity contribution is 0.178. The van der Waals surface area contributed by atoms with E-state index in [1.54, 1.807) is 11.7 Å². The summed E-state index contributed by atoms with van der Waals surface area (Å²) in [6, 6.07) is 7.22. The van der Waals surface area contributed by atoms with E-state index in [9.17, 15) is 4.79 Å². The van der Waals surface area contributed by atoms with Crippen molar-refractivity contribution >= 4 is 23.7 Å². The Labute approximate surface area is 225 Å². The van der Waals surface area contributed by atoms with E-state index >= 15 is 0 Å². The second kappa shape index (κ2) is 10.8. The zero-order chi connectivity index (χ0) is 27.0. The first-order valence-corrected chi connectivity index (χ1v) is 13.9. The summed E-state index contributed by atoms with van der Waals surface area (Å²) in [6.45, 7) is 16.0. The zero-order valence-electron chi connectivity index (χ0n) is 23.4. The number of aromatic nitrogens is 2. The number of hydrogen-bond acceptors (Lipinski definition) is 4. The summed E-state index contributed by atoms with van der Waals surface area (Å²) in [4.78, 5) is 22.9. The molecule has 8 nitrogen and oxygen atoms in total. The first-order valence-electron chi connectivity index (χ1n) is 13.9. The fraction of sp³-hybridized carbons (Fsp3) is 0.500. The van der Waals surface area contributed by atoms with E-state index in [-0.39, 0.29) is 12.1 Å². The van der Waals surface area contributed by atoms with Crippen LogP contribution in [0.15, 0.2) is 34.5 Å². The predicted octanol–water partition coefficient (Wildman–Crippen LogP) is 4.62. The monoisotopic (exact) mass is 515 g/mol. The number of aromatic amines is 1. The van der Waals surface area contributed by atoms with Gasteiger partial charge in [-0.15, -0.1) is 0 Å². The Morgan fingerprint density at radius 2 is 1.92 bits per heavy atom. The SMILES string of the molecule is C=Nn1cc(-c2[nH]c3ccc(C4CCN(C(=O)NC5CCNC5)CC4)cc3c2C(C)C)c(C)c(C)/c1=N/C. The Balaban J connectivity index is 1.44. The van der Waals surface area contributed by atoms with Crippen LogP contribution in [-0.4, -0.2) is 66.6 Å². The highest BCUT2D eigenvalue weighted by Crippen LogP contribution is 2.39. The highest BCUT2D eigenvalue weighted by molar-refractivity contribution is 5.92. The van der Waals surface area contributed by atoms with Gasteiger partial charge >= 0.3 is 6.03 Å². The molecule has 3 aromatic rings. The van der Waals surface area contributed by atoms with E-state index < -0.39 is 0 Å². The number of rotatable bonds is 5. The van der Waals surface area contributed by atoms with Crippen LogP contribution >= 0.6 is 0 Å². The molecule has 0 aliphatic carbocycles. The highest BCUT2D eigenvalue weighted by atomic mass is 16.2. The number of amides is 2. The molecule has 2 amide bonds. The maximum atomic E-state index is 12.7. The zero-order valence-corrected chi connectivity index (χ0v) is 23.4. The standard InChI is InChI=1S/C30H41N7O/c1-18(2)27-24-15-22(21-10-13-36(14-11-21)30(38)34-23-9-12-33-16-23)7-8-26(24)35-28(27)25-17-37(32-6)29(31-5)20(4)19(25)3/h7-8,15,17-18,21,23,33,35H,6,9-14,16H2,1-5H3,(H,34,38)/b31-29-. The molecule has 2 aliphatic heterocycles. The Kier molecular flexibility index (Phi) is 7.43. The largest absolute Gasteiger partial charge is 0.354 e. The van der Waals surface area contributed by atoms with E-state index in [1.165, 1.54) is 22.1 Å². The van der Waals surface area contributed by atoms with Crippen molar-refractivity contribution in [2.24, 2.45) is 10.1 Å². The van der Waals surface area contributed by atoms with Crippen LogP contribution in [-0.2, 0) is 0 Å². The molecule has 8 heteroatoms. The van der Waals surface area contributed by atoms with Crippen LogP contribution in [0.2, 0.25) is 0 Å². The summed E-state index contributed by atoms with van der Waals surface area (Å²) in [5, 5.41) is 12.0. The van der Waals surface area contributed by atoms with Crippen LogP contribution in [0.3, 0.4) is 0 Å². The van der Waals surface area contributed by atoms with Crippen LogP contribution in [0, 0.1) is 13.8 Å². The van der Waals surface area contributed by atoms with Crippen molar-refractivity contribution in [3.05, 3.63) is 52.1 Å². The minimum Gasteiger partial charge on any atom is -0.354 e. The van der Waals surface area contributed by atoms with Crippen LogP contribution in [0.4, 0.5) is 4.79 Å². The first-order chi connectivity index (χ1) is 18.3. The maximum Gasteiger partial charge on any atom is 0.317 e. The molecule has 1 atom stereocenters. The number of nitrogens with one attached hydrogen (secondary N) is 3. The lowest BCUT2D eigenvalue weighted by Gasteiger charge is -2.33. The van der Waals surface area contributed by atoms with Crippen molar-refractivity contribution in [1.29, 1.82) is 0 Å². The van der Waals surface area contributed by atoms with Crippen molar-refractivity contribution in [3.8, 4) is 11.3 Å². The van der Waals surface area contributed by atoms with Crippen LogP contribution < -0.4 is 16.1 Å². The molecule has 38 heavy (non-hydrogen) atoms. The molecular formula is C30H41N7O. The molecule has 2 aromatic heterocycles. The number of nitrogens with zero attached hydrogens (tertiary/aromatic N) is 4. The van der Waals surface area contributed by atoms with Gasteiger partial charge in [0.25, 0.3) is 0 Å². The molecule has 4 heterocycles. The number of carbonyl (C=O) groups is 1. The second-order valence-corrected chi connectivity index (χ2v) is 11.1. The number of benzene rings is 1. The average molecular weight is 516 g/mol. The van der Waals surface area contributed by atoms with Crippen molar-refractivity contribution in [1.82, 2.24) is 25.2 Å².